The largest absolute Gasteiger partial charge is 0.508 e. The van der Waals surface area contributed by atoms with Crippen molar-refractivity contribution in [3.63, 3.8) is 0 Å². The number of hydrogen-bond acceptors (Lipinski definition) is 11. The Morgan fingerprint density at radius 1 is 1.11 bits per heavy atom. The van der Waals surface area contributed by atoms with Crippen molar-refractivity contribution in [2.45, 2.75) is 61.8 Å². The molecule has 0 bridgehead atoms. The van der Waals surface area contributed by atoms with E-state index in [9.17, 15) is 58.2 Å². The summed E-state index contributed by atoms with van der Waals surface area (Å²) in [4.78, 5) is 42.3. The van der Waals surface area contributed by atoms with Crippen LogP contribution in [0.25, 0.3) is 5.76 Å². The lowest BCUT2D eigenvalue weighted by molar-refractivity contribution is -0.272. The lowest BCUT2D eigenvalue weighted by Crippen LogP contribution is -2.70. The Morgan fingerprint density at radius 3 is 2.23 bits per heavy atom. The molecular weight excluding hydrogens is 591 g/mol. The van der Waals surface area contributed by atoms with Crippen molar-refractivity contribution in [1.82, 2.24) is 9.80 Å². The Bertz CT molecular complexity index is 1510. The Balaban J connectivity index is 1.59. The number of phenols is 1. The lowest BCUT2D eigenvalue weighted by atomic mass is 9.54. The summed E-state index contributed by atoms with van der Waals surface area (Å²) in [6, 6.07) is 1.57. The standard InChI is InChI=1S/C29H34F3N3O9/c1-11-13-5-4-12(10-35-8-6-27(43,7-9-35)29(30,31)32)20(36)15(13)21(37)16-14(11)22(38)18-19(34(2)3)23(39)17(26(33)42)25(41)28(18,44)24(16)40/h4-5,11,14,18-19,22,36-38,41,43-44H,6-10H2,1-3H3,(H2,33,42)/t11-,14+,18+,19-,22-,28?/m0/s1. The van der Waals surface area contributed by atoms with Crippen LogP contribution in [0.4, 0.5) is 13.2 Å². The van der Waals surface area contributed by atoms with Crippen LogP contribution in [0.5, 0.6) is 5.75 Å². The van der Waals surface area contributed by atoms with Gasteiger partial charge in [0, 0.05) is 36.7 Å². The third-order valence-corrected chi connectivity index (χ3v) is 9.82. The number of ketones is 2. The molecule has 1 saturated heterocycles. The minimum absolute atomic E-state index is 0.0613. The second kappa shape index (κ2) is 10.3. The van der Waals surface area contributed by atoms with Gasteiger partial charge in [0.05, 0.1) is 23.6 Å². The van der Waals surface area contributed by atoms with Gasteiger partial charge in [0.2, 0.25) is 5.78 Å². The van der Waals surface area contributed by atoms with Crippen molar-refractivity contribution >= 4 is 23.2 Å². The van der Waals surface area contributed by atoms with Crippen molar-refractivity contribution < 1.29 is 58.2 Å². The van der Waals surface area contributed by atoms with E-state index in [1.54, 1.807) is 11.8 Å². The summed E-state index contributed by atoms with van der Waals surface area (Å²) in [6.07, 6.45) is -7.68. The van der Waals surface area contributed by atoms with E-state index >= 15 is 0 Å². The van der Waals surface area contributed by atoms with Gasteiger partial charge >= 0.3 is 6.18 Å². The predicted molar refractivity (Wildman–Crippen MR) is 146 cm³/mol. The Hall–Kier alpha value is -3.50. The van der Waals surface area contributed by atoms with Crippen molar-refractivity contribution in [3.05, 3.63) is 45.7 Å². The van der Waals surface area contributed by atoms with Crippen LogP contribution in [-0.2, 0) is 20.9 Å². The monoisotopic (exact) mass is 625 g/mol. The fourth-order valence-electron chi connectivity index (χ4n) is 7.39. The molecule has 3 aliphatic carbocycles. The lowest BCUT2D eigenvalue weighted by Gasteiger charge is -2.53. The van der Waals surface area contributed by atoms with E-state index < -0.39 is 106 Å². The number of nitrogens with zero attached hydrogens (tertiary/aromatic N) is 2. The zero-order valence-corrected chi connectivity index (χ0v) is 24.1. The average Bonchev–Trinajstić information content (AvgIpc) is 2.92. The van der Waals surface area contributed by atoms with Gasteiger partial charge in [-0.3, -0.25) is 24.2 Å². The first kappa shape index (κ1) is 31.9. The first-order valence-corrected chi connectivity index (χ1v) is 14.0. The minimum atomic E-state index is -4.79. The number of aromatic hydroxyl groups is 1. The molecule has 12 nitrogen and oxygen atoms in total. The maximum Gasteiger partial charge on any atom is 0.417 e. The predicted octanol–water partition coefficient (Wildman–Crippen LogP) is 0.385. The first-order chi connectivity index (χ1) is 20.3. The summed E-state index contributed by atoms with van der Waals surface area (Å²) < 4.78 is 39.7. The smallest absolute Gasteiger partial charge is 0.417 e. The van der Waals surface area contributed by atoms with Crippen LogP contribution >= 0.6 is 0 Å². The molecule has 0 radical (unpaired) electrons. The number of carbonyl (C=O) groups excluding carboxylic acids is 3. The van der Waals surface area contributed by atoms with Crippen molar-refractivity contribution in [1.29, 1.82) is 0 Å². The number of nitrogens with two attached hydrogens (primary N) is 1. The van der Waals surface area contributed by atoms with Crippen LogP contribution in [0.3, 0.4) is 0 Å². The number of likely N-dealkylation sites (tertiary alicyclic amines) is 1. The van der Waals surface area contributed by atoms with E-state index in [0.717, 1.165) is 0 Å². The molecule has 0 aromatic heterocycles. The Morgan fingerprint density at radius 2 is 1.70 bits per heavy atom. The summed E-state index contributed by atoms with van der Waals surface area (Å²) >= 11 is 0. The molecule has 0 spiro atoms. The molecule has 1 amide bonds. The highest BCUT2D eigenvalue weighted by Gasteiger charge is 2.68. The van der Waals surface area contributed by atoms with Crippen molar-refractivity contribution in [3.8, 4) is 5.75 Å². The van der Waals surface area contributed by atoms with E-state index in [0.29, 0.717) is 5.56 Å². The summed E-state index contributed by atoms with van der Waals surface area (Å²) in [5.74, 6) is -10.0. The van der Waals surface area contributed by atoms with E-state index in [-0.39, 0.29) is 30.8 Å². The molecule has 1 saturated carbocycles. The van der Waals surface area contributed by atoms with E-state index in [2.05, 4.69) is 0 Å². The van der Waals surface area contributed by atoms with Crippen LogP contribution < -0.4 is 5.73 Å². The Labute approximate surface area is 249 Å². The van der Waals surface area contributed by atoms with Gasteiger partial charge in [-0.25, -0.2) is 0 Å². The first-order valence-electron chi connectivity index (χ1n) is 14.0. The molecule has 44 heavy (non-hydrogen) atoms. The normalized spacial score (nSPS) is 32.5. The number of hydrogen-bond donors (Lipinski definition) is 7. The van der Waals surface area contributed by atoms with Crippen molar-refractivity contribution in [2.75, 3.05) is 27.2 Å². The number of Topliss-reactive ketones (excluding diaryl/α,β-unsaturated/α-hetero) is 2. The molecular formula is C29H34F3N3O9. The van der Waals surface area contributed by atoms with Gasteiger partial charge in [0.1, 0.15) is 22.8 Å². The number of benzene rings is 1. The van der Waals surface area contributed by atoms with Gasteiger partial charge in [-0.1, -0.05) is 19.1 Å². The average molecular weight is 626 g/mol. The van der Waals surface area contributed by atoms with Gasteiger partial charge in [-0.15, -0.1) is 0 Å². The number of alkyl halides is 3. The van der Waals surface area contributed by atoms with Crippen molar-refractivity contribution in [2.24, 2.45) is 17.6 Å². The topological polar surface area (TPSA) is 205 Å². The number of rotatable bonds is 4. The fourth-order valence-corrected chi connectivity index (χ4v) is 7.39. The second-order valence-electron chi connectivity index (χ2n) is 12.4. The maximum atomic E-state index is 14.1. The summed E-state index contributed by atoms with van der Waals surface area (Å²) in [7, 11) is 2.82. The SMILES string of the molecule is C[C@H]1c2ccc(CN3CCC(O)(C(F)(F)F)CC3)c(O)c2C(O)=C2C(=O)C3(O)C(O)=C(C(N)=O)C(=O)[C@@H](N(C)C)[C@@H]3[C@@H](O)[C@@H]21. The number of likely N-dealkylation sites (N-methyl/N-ethyl adjacent to an activating group) is 1. The number of amides is 1. The van der Waals surface area contributed by atoms with Gasteiger partial charge < -0.3 is 36.4 Å². The van der Waals surface area contributed by atoms with Gasteiger partial charge in [-0.05, 0) is 38.4 Å². The van der Waals surface area contributed by atoms with E-state index in [4.69, 9.17) is 5.73 Å². The molecule has 8 N–H and O–H groups in total. The molecule has 1 unspecified atom stereocenters. The van der Waals surface area contributed by atoms with Crippen LogP contribution in [0, 0.1) is 11.8 Å². The van der Waals surface area contributed by atoms with Gasteiger partial charge in [-0.2, -0.15) is 13.2 Å². The second-order valence-corrected chi connectivity index (χ2v) is 12.4. The van der Waals surface area contributed by atoms with Crippen LogP contribution in [-0.4, -0.2) is 115 Å². The van der Waals surface area contributed by atoms with Crippen LogP contribution in [0.2, 0.25) is 0 Å². The number of carbonyl (C=O) groups is 3. The highest BCUT2D eigenvalue weighted by Crippen LogP contribution is 2.56. The fraction of sp³-hybridized carbons (Fsp3) is 0.552. The number of primary amides is 1. The number of piperidine rings is 1. The molecule has 5 rings (SSSR count). The molecule has 1 aromatic carbocycles. The zero-order chi connectivity index (χ0) is 32.8. The molecule has 15 heteroatoms. The number of aliphatic hydroxyl groups excluding tert-OH is 3. The number of fused-ring (bicyclic) bond motifs is 3. The quantitative estimate of drug-likeness (QED) is 0.228. The molecule has 6 atom stereocenters. The summed E-state index contributed by atoms with van der Waals surface area (Å²) in [5.41, 5.74) is -1.82. The zero-order valence-electron chi connectivity index (χ0n) is 24.1. The summed E-state index contributed by atoms with van der Waals surface area (Å²) in [6.45, 7) is 1.25. The molecule has 1 aromatic rings. The minimum Gasteiger partial charge on any atom is -0.508 e. The third kappa shape index (κ3) is 4.28. The number of halogens is 3. The summed E-state index contributed by atoms with van der Waals surface area (Å²) in [5, 5.41) is 67.1. The highest BCUT2D eigenvalue weighted by molar-refractivity contribution is 6.24. The molecule has 240 valence electrons. The Kier molecular flexibility index (Phi) is 7.45. The van der Waals surface area contributed by atoms with Gasteiger partial charge in [0.15, 0.2) is 17.0 Å². The van der Waals surface area contributed by atoms with Crippen LogP contribution in [0.1, 0.15) is 42.4 Å². The molecule has 1 heterocycles. The maximum absolute atomic E-state index is 14.1. The molecule has 2 fully saturated rings. The number of phenolic OH excluding ortho intramolecular Hbond substituents is 1. The number of aliphatic hydroxyl groups is 5. The highest BCUT2D eigenvalue weighted by atomic mass is 19.4. The van der Waals surface area contributed by atoms with Crippen LogP contribution in [0.15, 0.2) is 29.0 Å². The van der Waals surface area contributed by atoms with E-state index in [1.807, 2.05) is 0 Å². The van der Waals surface area contributed by atoms with E-state index in [1.165, 1.54) is 31.1 Å². The molecule has 4 aliphatic rings. The third-order valence-electron chi connectivity index (χ3n) is 9.82. The molecule has 1 aliphatic heterocycles. The van der Waals surface area contributed by atoms with Gasteiger partial charge in [0.25, 0.3) is 5.91 Å².